The standard InChI is InChI=1S/C24H27N5O3S/c1-17(30)25-14-5-6-18-9-11-19(12-10-18)21-16-33-24(28-21)29-22(31)13-15-26-23(32)27-20-7-3-2-4-8-20/h2-4,7-12,16H,5-6,13-15H2,1H3,(H,25,30)(H2,26,27,32)(H,28,29,31). The van der Waals surface area contributed by atoms with Crippen molar-refractivity contribution in [1.82, 2.24) is 15.6 Å². The molecule has 4 N–H and O–H groups in total. The summed E-state index contributed by atoms with van der Waals surface area (Å²) in [6, 6.07) is 16.8. The molecule has 0 aliphatic rings. The lowest BCUT2D eigenvalue weighted by Gasteiger charge is -2.07. The zero-order chi connectivity index (χ0) is 23.5. The summed E-state index contributed by atoms with van der Waals surface area (Å²) in [7, 11) is 0. The second-order valence-electron chi connectivity index (χ2n) is 7.37. The number of urea groups is 1. The molecule has 1 aromatic heterocycles. The molecule has 0 atom stereocenters. The van der Waals surface area contributed by atoms with Gasteiger partial charge in [-0.2, -0.15) is 0 Å². The van der Waals surface area contributed by atoms with Gasteiger partial charge < -0.3 is 21.3 Å². The van der Waals surface area contributed by atoms with Gasteiger partial charge in [0.15, 0.2) is 5.13 Å². The zero-order valence-corrected chi connectivity index (χ0v) is 19.2. The number of amides is 4. The van der Waals surface area contributed by atoms with Gasteiger partial charge in [-0.3, -0.25) is 9.59 Å². The Bertz CT molecular complexity index is 1070. The number of para-hydroxylation sites is 1. The van der Waals surface area contributed by atoms with Gasteiger partial charge in [-0.05, 0) is 30.5 Å². The lowest BCUT2D eigenvalue weighted by molar-refractivity contribution is -0.119. The minimum Gasteiger partial charge on any atom is -0.356 e. The van der Waals surface area contributed by atoms with Crippen LogP contribution in [0.15, 0.2) is 60.0 Å². The lowest BCUT2D eigenvalue weighted by Crippen LogP contribution is -2.31. The minimum atomic E-state index is -0.357. The Balaban J connectivity index is 1.40. The predicted octanol–water partition coefficient (Wildman–Crippen LogP) is 4.03. The number of nitrogens with one attached hydrogen (secondary N) is 4. The molecule has 172 valence electrons. The summed E-state index contributed by atoms with van der Waals surface area (Å²) in [6.45, 7) is 2.40. The monoisotopic (exact) mass is 465 g/mol. The molecule has 0 saturated heterocycles. The maximum Gasteiger partial charge on any atom is 0.319 e. The first-order valence-electron chi connectivity index (χ1n) is 10.7. The first kappa shape index (κ1) is 23.9. The molecule has 8 nitrogen and oxygen atoms in total. The fourth-order valence-corrected chi connectivity index (χ4v) is 3.77. The van der Waals surface area contributed by atoms with E-state index >= 15 is 0 Å². The van der Waals surface area contributed by atoms with Crippen molar-refractivity contribution in [2.75, 3.05) is 23.7 Å². The molecule has 33 heavy (non-hydrogen) atoms. The van der Waals surface area contributed by atoms with E-state index < -0.39 is 0 Å². The van der Waals surface area contributed by atoms with Crippen LogP contribution in [-0.2, 0) is 16.0 Å². The van der Waals surface area contributed by atoms with Crippen LogP contribution >= 0.6 is 11.3 Å². The summed E-state index contributed by atoms with van der Waals surface area (Å²) in [5.41, 5.74) is 3.64. The van der Waals surface area contributed by atoms with Crippen molar-refractivity contribution in [3.63, 3.8) is 0 Å². The molecule has 0 fully saturated rings. The van der Waals surface area contributed by atoms with E-state index in [1.807, 2.05) is 47.8 Å². The van der Waals surface area contributed by atoms with Gasteiger partial charge >= 0.3 is 6.03 Å². The lowest BCUT2D eigenvalue weighted by atomic mass is 10.1. The van der Waals surface area contributed by atoms with Crippen LogP contribution in [0.2, 0.25) is 0 Å². The highest BCUT2D eigenvalue weighted by atomic mass is 32.1. The molecule has 1 heterocycles. The summed E-state index contributed by atoms with van der Waals surface area (Å²) < 4.78 is 0. The number of benzene rings is 2. The number of hydrogen-bond donors (Lipinski definition) is 4. The minimum absolute atomic E-state index is 0.0124. The van der Waals surface area contributed by atoms with Crippen LogP contribution in [0.5, 0.6) is 0 Å². The summed E-state index contributed by atoms with van der Waals surface area (Å²) in [6.07, 6.45) is 1.91. The van der Waals surface area contributed by atoms with Gasteiger partial charge in [0.1, 0.15) is 0 Å². The van der Waals surface area contributed by atoms with Gasteiger partial charge in [-0.25, -0.2) is 9.78 Å². The molecule has 2 aromatic carbocycles. The highest BCUT2D eigenvalue weighted by Gasteiger charge is 2.09. The second-order valence-corrected chi connectivity index (χ2v) is 8.22. The number of nitrogens with zero attached hydrogens (tertiary/aromatic N) is 1. The molecule has 3 rings (SSSR count). The molecule has 0 radical (unpaired) electrons. The normalized spacial score (nSPS) is 10.3. The number of anilines is 2. The van der Waals surface area contributed by atoms with Crippen molar-refractivity contribution in [2.24, 2.45) is 0 Å². The van der Waals surface area contributed by atoms with Gasteiger partial charge in [0.2, 0.25) is 11.8 Å². The van der Waals surface area contributed by atoms with Crippen LogP contribution in [0, 0.1) is 0 Å². The molecule has 3 aromatic rings. The number of thiazole rings is 1. The van der Waals surface area contributed by atoms with E-state index in [0.717, 1.165) is 24.1 Å². The van der Waals surface area contributed by atoms with E-state index in [0.29, 0.717) is 17.4 Å². The molecule has 0 unspecified atom stereocenters. The van der Waals surface area contributed by atoms with Crippen LogP contribution in [-0.4, -0.2) is 35.9 Å². The Morgan fingerprint density at radius 2 is 1.67 bits per heavy atom. The first-order valence-corrected chi connectivity index (χ1v) is 11.6. The van der Waals surface area contributed by atoms with E-state index in [1.54, 1.807) is 12.1 Å². The summed E-state index contributed by atoms with van der Waals surface area (Å²) in [5.74, 6) is -0.230. The van der Waals surface area contributed by atoms with Crippen molar-refractivity contribution >= 4 is 40.0 Å². The van der Waals surface area contributed by atoms with Gasteiger partial charge in [-0.1, -0.05) is 42.5 Å². The van der Waals surface area contributed by atoms with Crippen molar-refractivity contribution in [3.8, 4) is 11.3 Å². The largest absolute Gasteiger partial charge is 0.356 e. The zero-order valence-electron chi connectivity index (χ0n) is 18.4. The van der Waals surface area contributed by atoms with E-state index in [2.05, 4.69) is 26.3 Å². The highest BCUT2D eigenvalue weighted by molar-refractivity contribution is 7.14. The Morgan fingerprint density at radius 3 is 2.39 bits per heavy atom. The summed E-state index contributed by atoms with van der Waals surface area (Å²) in [5, 5.41) is 13.3. The molecule has 0 aliphatic carbocycles. The van der Waals surface area contributed by atoms with Crippen molar-refractivity contribution in [3.05, 3.63) is 65.5 Å². The molecular formula is C24H27N5O3S. The fraction of sp³-hybridized carbons (Fsp3) is 0.250. The van der Waals surface area contributed by atoms with Crippen LogP contribution in [0.3, 0.4) is 0 Å². The Labute approximate surface area is 196 Å². The number of carbonyl (C=O) groups is 3. The van der Waals surface area contributed by atoms with E-state index in [9.17, 15) is 14.4 Å². The predicted molar refractivity (Wildman–Crippen MR) is 131 cm³/mol. The third kappa shape index (κ3) is 8.38. The van der Waals surface area contributed by atoms with Crippen molar-refractivity contribution in [2.45, 2.75) is 26.2 Å². The molecule has 0 spiro atoms. The molecular weight excluding hydrogens is 438 g/mol. The van der Waals surface area contributed by atoms with Crippen LogP contribution < -0.4 is 21.3 Å². The Hall–Kier alpha value is -3.72. The first-order chi connectivity index (χ1) is 16.0. The smallest absolute Gasteiger partial charge is 0.319 e. The molecule has 9 heteroatoms. The van der Waals surface area contributed by atoms with Crippen LogP contribution in [0.4, 0.5) is 15.6 Å². The van der Waals surface area contributed by atoms with Gasteiger partial charge in [0, 0.05) is 43.1 Å². The third-order valence-electron chi connectivity index (χ3n) is 4.69. The Kier molecular flexibility index (Phi) is 8.96. The van der Waals surface area contributed by atoms with Crippen LogP contribution in [0.1, 0.15) is 25.3 Å². The third-order valence-corrected chi connectivity index (χ3v) is 5.44. The van der Waals surface area contributed by atoms with Gasteiger partial charge in [-0.15, -0.1) is 11.3 Å². The molecule has 0 bridgehead atoms. The number of rotatable bonds is 10. The number of carbonyl (C=O) groups excluding carboxylic acids is 3. The van der Waals surface area contributed by atoms with E-state index in [4.69, 9.17) is 0 Å². The van der Waals surface area contributed by atoms with E-state index in [-0.39, 0.29) is 30.8 Å². The second kappa shape index (κ2) is 12.4. The molecule has 4 amide bonds. The van der Waals surface area contributed by atoms with E-state index in [1.165, 1.54) is 23.8 Å². The molecule has 0 saturated carbocycles. The number of hydrogen-bond acceptors (Lipinski definition) is 5. The highest BCUT2D eigenvalue weighted by Crippen LogP contribution is 2.25. The topological polar surface area (TPSA) is 112 Å². The fourth-order valence-electron chi connectivity index (χ4n) is 3.03. The SMILES string of the molecule is CC(=O)NCCCc1ccc(-c2csc(NC(=O)CCNC(=O)Nc3ccccc3)n2)cc1. The summed E-state index contributed by atoms with van der Waals surface area (Å²) in [4.78, 5) is 39.4. The van der Waals surface area contributed by atoms with Crippen molar-refractivity contribution in [1.29, 1.82) is 0 Å². The van der Waals surface area contributed by atoms with Crippen LogP contribution in [0.25, 0.3) is 11.3 Å². The quantitative estimate of drug-likeness (QED) is 0.339. The summed E-state index contributed by atoms with van der Waals surface area (Å²) >= 11 is 1.36. The van der Waals surface area contributed by atoms with Gasteiger partial charge in [0.25, 0.3) is 0 Å². The molecule has 0 aliphatic heterocycles. The number of aromatic nitrogens is 1. The average molecular weight is 466 g/mol. The maximum absolute atomic E-state index is 12.2. The average Bonchev–Trinajstić information content (AvgIpc) is 3.26. The number of aryl methyl sites for hydroxylation is 1. The van der Waals surface area contributed by atoms with Gasteiger partial charge in [0.05, 0.1) is 5.69 Å². The maximum atomic E-state index is 12.2. The van der Waals surface area contributed by atoms with Crippen molar-refractivity contribution < 1.29 is 14.4 Å². The Morgan fingerprint density at radius 1 is 0.909 bits per heavy atom.